The Morgan fingerprint density at radius 1 is 1.00 bits per heavy atom. The maximum Gasteiger partial charge on any atom is 0.227 e. The number of halogens is 1. The van der Waals surface area contributed by atoms with Gasteiger partial charge in [-0.1, -0.05) is 28.9 Å². The molecule has 2 N–H and O–H groups in total. The lowest BCUT2D eigenvalue weighted by atomic mass is 10.1. The Bertz CT molecular complexity index is 1240. The van der Waals surface area contributed by atoms with Crippen LogP contribution in [0.3, 0.4) is 0 Å². The Hall–Kier alpha value is -3.56. The molecule has 32 heavy (non-hydrogen) atoms. The summed E-state index contributed by atoms with van der Waals surface area (Å²) in [6.07, 6.45) is 0.498. The number of rotatable bonds is 7. The molecule has 0 spiro atoms. The number of carbonyl (C=O) groups is 2. The van der Waals surface area contributed by atoms with Gasteiger partial charge in [0.25, 0.3) is 0 Å². The van der Waals surface area contributed by atoms with Crippen LogP contribution in [-0.2, 0) is 16.0 Å². The quantitative estimate of drug-likeness (QED) is 0.394. The van der Waals surface area contributed by atoms with Gasteiger partial charge in [0, 0.05) is 47.0 Å². The first-order valence-corrected chi connectivity index (χ1v) is 10.9. The first kappa shape index (κ1) is 21.7. The van der Waals surface area contributed by atoms with E-state index in [9.17, 15) is 9.59 Å². The highest BCUT2D eigenvalue weighted by Gasteiger charge is 2.13. The Balaban J connectivity index is 1.31. The third kappa shape index (κ3) is 5.57. The molecular formula is C22H18ClN5O3S. The smallest absolute Gasteiger partial charge is 0.227 e. The van der Waals surface area contributed by atoms with Crippen LogP contribution in [0.5, 0.6) is 0 Å². The number of anilines is 2. The van der Waals surface area contributed by atoms with Gasteiger partial charge >= 0.3 is 0 Å². The van der Waals surface area contributed by atoms with Crippen LogP contribution < -0.4 is 10.6 Å². The molecule has 0 bridgehead atoms. The minimum atomic E-state index is -0.196. The molecule has 0 unspecified atom stereocenters. The van der Waals surface area contributed by atoms with Gasteiger partial charge in [-0.05, 0) is 36.4 Å². The molecular weight excluding hydrogens is 450 g/mol. The van der Waals surface area contributed by atoms with Gasteiger partial charge in [0.15, 0.2) is 5.13 Å². The fourth-order valence-corrected chi connectivity index (χ4v) is 3.73. The number of hydrogen-bond acceptors (Lipinski definition) is 7. The minimum Gasteiger partial charge on any atom is -0.339 e. The fraction of sp³-hybridized carbons (Fsp3) is 0.136. The van der Waals surface area contributed by atoms with Crippen molar-refractivity contribution in [2.75, 3.05) is 10.6 Å². The van der Waals surface area contributed by atoms with Crippen molar-refractivity contribution in [1.82, 2.24) is 15.1 Å². The highest BCUT2D eigenvalue weighted by atomic mass is 35.5. The molecule has 0 saturated carbocycles. The van der Waals surface area contributed by atoms with Gasteiger partial charge in [0.05, 0.1) is 5.69 Å². The number of nitrogens with zero attached hydrogens (tertiary/aromatic N) is 3. The predicted molar refractivity (Wildman–Crippen MR) is 124 cm³/mol. The lowest BCUT2D eigenvalue weighted by molar-refractivity contribution is -0.116. The van der Waals surface area contributed by atoms with Gasteiger partial charge in [-0.15, -0.1) is 11.3 Å². The molecule has 0 atom stereocenters. The zero-order valence-corrected chi connectivity index (χ0v) is 18.5. The highest BCUT2D eigenvalue weighted by Crippen LogP contribution is 2.26. The lowest BCUT2D eigenvalue weighted by Crippen LogP contribution is -2.12. The van der Waals surface area contributed by atoms with Gasteiger partial charge in [-0.25, -0.2) is 4.98 Å². The van der Waals surface area contributed by atoms with Crippen LogP contribution in [0, 0.1) is 0 Å². The molecule has 2 aromatic carbocycles. The topological polar surface area (TPSA) is 110 Å². The Morgan fingerprint density at radius 3 is 2.44 bits per heavy atom. The maximum atomic E-state index is 12.3. The molecule has 2 amide bonds. The Kier molecular flexibility index (Phi) is 6.58. The molecule has 0 saturated heterocycles. The summed E-state index contributed by atoms with van der Waals surface area (Å²) >= 11 is 7.22. The van der Waals surface area contributed by atoms with E-state index < -0.39 is 0 Å². The standard InChI is InChI=1S/C22H18ClN5O3S/c1-13(29)24-17-8-4-14(5-9-17)18-12-32-22(25-18)26-19(30)10-11-20-27-21(28-31-20)15-2-6-16(23)7-3-15/h2-9,12H,10-11H2,1H3,(H,24,29)(H,25,26,30). The number of thiazole rings is 1. The third-order valence-corrected chi connectivity index (χ3v) is 5.40. The summed E-state index contributed by atoms with van der Waals surface area (Å²) in [5.74, 6) is 0.506. The van der Waals surface area contributed by atoms with Crippen molar-refractivity contribution in [3.8, 4) is 22.6 Å². The van der Waals surface area contributed by atoms with E-state index in [1.165, 1.54) is 18.3 Å². The highest BCUT2D eigenvalue weighted by molar-refractivity contribution is 7.14. The van der Waals surface area contributed by atoms with Crippen molar-refractivity contribution in [2.45, 2.75) is 19.8 Å². The summed E-state index contributed by atoms with van der Waals surface area (Å²) in [5.41, 5.74) is 3.13. The van der Waals surface area contributed by atoms with Crippen molar-refractivity contribution in [3.63, 3.8) is 0 Å². The summed E-state index contributed by atoms with van der Waals surface area (Å²) in [5, 5.41) is 12.4. The van der Waals surface area contributed by atoms with Crippen molar-refractivity contribution < 1.29 is 14.1 Å². The zero-order chi connectivity index (χ0) is 22.5. The number of aromatic nitrogens is 3. The minimum absolute atomic E-state index is 0.127. The third-order valence-electron chi connectivity index (χ3n) is 4.39. The van der Waals surface area contributed by atoms with E-state index in [0.29, 0.717) is 34.0 Å². The molecule has 0 radical (unpaired) electrons. The van der Waals surface area contributed by atoms with Crippen molar-refractivity contribution in [3.05, 3.63) is 64.8 Å². The van der Waals surface area contributed by atoms with Crippen LogP contribution in [0.4, 0.5) is 10.8 Å². The Morgan fingerprint density at radius 2 is 1.72 bits per heavy atom. The summed E-state index contributed by atoms with van der Waals surface area (Å²) in [7, 11) is 0. The van der Waals surface area contributed by atoms with Crippen molar-refractivity contribution >= 4 is 45.6 Å². The second kappa shape index (κ2) is 9.71. The SMILES string of the molecule is CC(=O)Nc1ccc(-c2csc(NC(=O)CCc3nc(-c4ccc(Cl)cc4)no3)n2)cc1. The molecule has 10 heteroatoms. The van der Waals surface area contributed by atoms with Gasteiger partial charge in [-0.2, -0.15) is 4.98 Å². The Labute approximate surface area is 192 Å². The summed E-state index contributed by atoms with van der Waals surface area (Å²) in [6, 6.07) is 14.4. The molecule has 0 aliphatic carbocycles. The van der Waals surface area contributed by atoms with E-state index in [4.69, 9.17) is 16.1 Å². The molecule has 2 aromatic heterocycles. The predicted octanol–water partition coefficient (Wildman–Crippen LogP) is 5.04. The first-order chi connectivity index (χ1) is 15.5. The van der Waals surface area contributed by atoms with E-state index in [1.807, 2.05) is 17.5 Å². The second-order valence-electron chi connectivity index (χ2n) is 6.86. The van der Waals surface area contributed by atoms with Crippen LogP contribution in [0.15, 0.2) is 58.4 Å². The van der Waals surface area contributed by atoms with E-state index in [0.717, 1.165) is 16.8 Å². The molecule has 4 rings (SSSR count). The molecule has 0 aliphatic heterocycles. The monoisotopic (exact) mass is 467 g/mol. The van der Waals surface area contributed by atoms with Crippen LogP contribution in [0.1, 0.15) is 19.2 Å². The lowest BCUT2D eigenvalue weighted by Gasteiger charge is -2.03. The first-order valence-electron chi connectivity index (χ1n) is 9.68. The van der Waals surface area contributed by atoms with E-state index in [1.54, 1.807) is 36.4 Å². The van der Waals surface area contributed by atoms with Crippen LogP contribution in [0.2, 0.25) is 5.02 Å². The number of aryl methyl sites for hydroxylation is 1. The normalized spacial score (nSPS) is 10.7. The second-order valence-corrected chi connectivity index (χ2v) is 8.16. The van der Waals surface area contributed by atoms with Gasteiger partial charge in [-0.3, -0.25) is 9.59 Å². The maximum absolute atomic E-state index is 12.3. The van der Waals surface area contributed by atoms with Gasteiger partial charge in [0.2, 0.25) is 23.5 Å². The number of nitrogens with one attached hydrogen (secondary N) is 2. The fourth-order valence-electron chi connectivity index (χ4n) is 2.87. The van der Waals surface area contributed by atoms with Gasteiger partial charge < -0.3 is 15.2 Å². The summed E-state index contributed by atoms with van der Waals surface area (Å²) in [4.78, 5) is 32.2. The van der Waals surface area contributed by atoms with E-state index in [-0.39, 0.29) is 18.2 Å². The van der Waals surface area contributed by atoms with E-state index >= 15 is 0 Å². The average Bonchev–Trinajstić information content (AvgIpc) is 3.43. The number of carbonyl (C=O) groups excluding carboxylic acids is 2. The van der Waals surface area contributed by atoms with Crippen LogP contribution in [-0.4, -0.2) is 26.9 Å². The summed E-state index contributed by atoms with van der Waals surface area (Å²) in [6.45, 7) is 1.46. The summed E-state index contributed by atoms with van der Waals surface area (Å²) < 4.78 is 5.23. The molecule has 2 heterocycles. The number of benzene rings is 2. The number of amides is 2. The van der Waals surface area contributed by atoms with Crippen molar-refractivity contribution in [1.29, 1.82) is 0 Å². The largest absolute Gasteiger partial charge is 0.339 e. The molecule has 0 aliphatic rings. The zero-order valence-electron chi connectivity index (χ0n) is 17.0. The molecule has 4 aromatic rings. The molecule has 0 fully saturated rings. The number of hydrogen-bond donors (Lipinski definition) is 2. The van der Waals surface area contributed by atoms with Crippen LogP contribution in [0.25, 0.3) is 22.6 Å². The van der Waals surface area contributed by atoms with E-state index in [2.05, 4.69) is 25.8 Å². The van der Waals surface area contributed by atoms with Crippen molar-refractivity contribution in [2.24, 2.45) is 0 Å². The molecule has 162 valence electrons. The molecule has 8 nitrogen and oxygen atoms in total. The average molecular weight is 468 g/mol. The van der Waals surface area contributed by atoms with Crippen LogP contribution >= 0.6 is 22.9 Å². The van der Waals surface area contributed by atoms with Gasteiger partial charge in [0.1, 0.15) is 0 Å².